The Morgan fingerprint density at radius 1 is 1.39 bits per heavy atom. The number of carbonyl (C=O) groups excluding carboxylic acids is 1. The van der Waals surface area contributed by atoms with Crippen LogP contribution in [0.2, 0.25) is 0 Å². The summed E-state index contributed by atoms with van der Waals surface area (Å²) in [5, 5.41) is 0. The van der Waals surface area contributed by atoms with E-state index in [4.69, 9.17) is 10.5 Å². The molecule has 0 fully saturated rings. The van der Waals surface area contributed by atoms with Crippen molar-refractivity contribution in [2.24, 2.45) is 0 Å². The van der Waals surface area contributed by atoms with Crippen molar-refractivity contribution in [3.05, 3.63) is 53.5 Å². The van der Waals surface area contributed by atoms with Gasteiger partial charge in [-0.3, -0.25) is 4.79 Å². The van der Waals surface area contributed by atoms with Crippen molar-refractivity contribution in [1.82, 2.24) is 4.98 Å². The maximum absolute atomic E-state index is 13.2. The molecule has 1 aromatic heterocycles. The Morgan fingerprint density at radius 2 is 2.17 bits per heavy atom. The minimum Gasteiger partial charge on any atom is -0.494 e. The summed E-state index contributed by atoms with van der Waals surface area (Å²) < 4.78 is 18.1. The maximum atomic E-state index is 13.2. The first-order valence-corrected chi connectivity index (χ1v) is 5.22. The van der Waals surface area contributed by atoms with Crippen molar-refractivity contribution in [2.75, 3.05) is 12.8 Å². The van der Waals surface area contributed by atoms with Crippen molar-refractivity contribution in [1.29, 1.82) is 0 Å². The first kappa shape index (κ1) is 12.0. The minimum atomic E-state index is -0.520. The molecule has 0 saturated carbocycles. The summed E-state index contributed by atoms with van der Waals surface area (Å²) in [5.74, 6) is -0.679. The van der Waals surface area contributed by atoms with Gasteiger partial charge in [0.05, 0.1) is 12.7 Å². The molecule has 1 aromatic carbocycles. The topological polar surface area (TPSA) is 65.2 Å². The van der Waals surface area contributed by atoms with E-state index in [0.29, 0.717) is 5.56 Å². The van der Waals surface area contributed by atoms with Crippen LogP contribution in [0.5, 0.6) is 5.75 Å². The zero-order valence-electron chi connectivity index (χ0n) is 9.68. The number of pyridine rings is 1. The molecule has 2 aromatic rings. The van der Waals surface area contributed by atoms with Gasteiger partial charge in [0, 0.05) is 11.8 Å². The molecule has 0 atom stereocenters. The normalized spacial score (nSPS) is 10.1. The SMILES string of the molecule is COc1cc(C(=O)c2cccnc2N)ccc1F. The number of halogens is 1. The summed E-state index contributed by atoms with van der Waals surface area (Å²) in [5.41, 5.74) is 6.20. The van der Waals surface area contributed by atoms with E-state index < -0.39 is 5.82 Å². The molecule has 18 heavy (non-hydrogen) atoms. The van der Waals surface area contributed by atoms with E-state index in [1.807, 2.05) is 0 Å². The third kappa shape index (κ3) is 2.15. The van der Waals surface area contributed by atoms with Gasteiger partial charge in [-0.1, -0.05) is 0 Å². The van der Waals surface area contributed by atoms with E-state index in [9.17, 15) is 9.18 Å². The van der Waals surface area contributed by atoms with Crippen LogP contribution in [0.3, 0.4) is 0 Å². The number of rotatable bonds is 3. The number of hydrogen-bond donors (Lipinski definition) is 1. The lowest BCUT2D eigenvalue weighted by molar-refractivity contribution is 0.103. The quantitative estimate of drug-likeness (QED) is 0.842. The number of hydrogen-bond acceptors (Lipinski definition) is 4. The van der Waals surface area contributed by atoms with Crippen LogP contribution in [-0.4, -0.2) is 17.9 Å². The Balaban J connectivity index is 2.44. The number of nitrogen functional groups attached to an aromatic ring is 1. The Morgan fingerprint density at radius 3 is 2.83 bits per heavy atom. The molecule has 5 heteroatoms. The summed E-state index contributed by atoms with van der Waals surface area (Å²) in [7, 11) is 1.34. The number of benzene rings is 1. The van der Waals surface area contributed by atoms with E-state index in [-0.39, 0.29) is 22.9 Å². The molecule has 92 valence electrons. The molecule has 0 radical (unpaired) electrons. The Bertz CT molecular complexity index is 599. The highest BCUT2D eigenvalue weighted by atomic mass is 19.1. The minimum absolute atomic E-state index is 0.0170. The number of carbonyl (C=O) groups is 1. The van der Waals surface area contributed by atoms with Crippen LogP contribution in [0.15, 0.2) is 36.5 Å². The van der Waals surface area contributed by atoms with Crippen LogP contribution in [0, 0.1) is 5.82 Å². The summed E-state index contributed by atoms with van der Waals surface area (Å²) in [4.78, 5) is 16.0. The molecule has 0 bridgehead atoms. The highest BCUT2D eigenvalue weighted by Crippen LogP contribution is 2.21. The Kier molecular flexibility index (Phi) is 3.23. The standard InChI is InChI=1S/C13H11FN2O2/c1-18-11-7-8(4-5-10(11)14)12(17)9-3-2-6-16-13(9)15/h2-7H,1H3,(H2,15,16). The van der Waals surface area contributed by atoms with Gasteiger partial charge in [-0.2, -0.15) is 0 Å². The number of aromatic nitrogens is 1. The number of ketones is 1. The van der Waals surface area contributed by atoms with Gasteiger partial charge in [-0.25, -0.2) is 9.37 Å². The molecular formula is C13H11FN2O2. The Hall–Kier alpha value is -2.43. The molecule has 2 N–H and O–H groups in total. The molecule has 4 nitrogen and oxygen atoms in total. The zero-order chi connectivity index (χ0) is 13.1. The fraction of sp³-hybridized carbons (Fsp3) is 0.0769. The second-order valence-electron chi connectivity index (χ2n) is 3.61. The number of ether oxygens (including phenoxy) is 1. The second-order valence-corrected chi connectivity index (χ2v) is 3.61. The lowest BCUT2D eigenvalue weighted by Gasteiger charge is -2.06. The van der Waals surface area contributed by atoms with Crippen LogP contribution in [-0.2, 0) is 0 Å². The lowest BCUT2D eigenvalue weighted by atomic mass is 10.0. The molecular weight excluding hydrogens is 235 g/mol. The molecule has 0 saturated heterocycles. The fourth-order valence-electron chi connectivity index (χ4n) is 1.57. The summed E-state index contributed by atoms with van der Waals surface area (Å²) >= 11 is 0. The van der Waals surface area contributed by atoms with Crippen LogP contribution in [0.4, 0.5) is 10.2 Å². The number of nitrogens with two attached hydrogens (primary N) is 1. The average molecular weight is 246 g/mol. The van der Waals surface area contributed by atoms with Gasteiger partial charge in [-0.05, 0) is 30.3 Å². The molecule has 0 spiro atoms. The van der Waals surface area contributed by atoms with E-state index in [0.717, 1.165) is 0 Å². The number of methoxy groups -OCH3 is 1. The van der Waals surface area contributed by atoms with Crippen LogP contribution in [0.1, 0.15) is 15.9 Å². The van der Waals surface area contributed by atoms with Gasteiger partial charge >= 0.3 is 0 Å². The fourth-order valence-corrected chi connectivity index (χ4v) is 1.57. The van der Waals surface area contributed by atoms with Crippen molar-refractivity contribution in [3.63, 3.8) is 0 Å². The van der Waals surface area contributed by atoms with Crippen LogP contribution >= 0.6 is 0 Å². The summed E-state index contributed by atoms with van der Waals surface area (Å²) in [6, 6.07) is 7.08. The van der Waals surface area contributed by atoms with E-state index in [1.54, 1.807) is 12.1 Å². The molecule has 0 unspecified atom stereocenters. The first-order chi connectivity index (χ1) is 8.63. The molecule has 0 aliphatic heterocycles. The molecule has 0 aliphatic rings. The van der Waals surface area contributed by atoms with Crippen molar-refractivity contribution < 1.29 is 13.9 Å². The highest BCUT2D eigenvalue weighted by molar-refractivity contribution is 6.11. The smallest absolute Gasteiger partial charge is 0.196 e. The monoisotopic (exact) mass is 246 g/mol. The average Bonchev–Trinajstić information content (AvgIpc) is 2.39. The van der Waals surface area contributed by atoms with Gasteiger partial charge in [0.15, 0.2) is 17.3 Å². The molecule has 0 aliphatic carbocycles. The summed E-state index contributed by atoms with van der Waals surface area (Å²) in [6.07, 6.45) is 1.50. The van der Waals surface area contributed by atoms with Gasteiger partial charge < -0.3 is 10.5 Å². The van der Waals surface area contributed by atoms with Crippen molar-refractivity contribution in [2.45, 2.75) is 0 Å². The van der Waals surface area contributed by atoms with Crippen LogP contribution < -0.4 is 10.5 Å². The van der Waals surface area contributed by atoms with Gasteiger partial charge in [0.25, 0.3) is 0 Å². The summed E-state index contributed by atoms with van der Waals surface area (Å²) in [6.45, 7) is 0. The largest absolute Gasteiger partial charge is 0.494 e. The number of anilines is 1. The third-order valence-corrected chi connectivity index (χ3v) is 2.50. The first-order valence-electron chi connectivity index (χ1n) is 5.22. The van der Waals surface area contributed by atoms with E-state index >= 15 is 0 Å². The van der Waals surface area contributed by atoms with Crippen LogP contribution in [0.25, 0.3) is 0 Å². The third-order valence-electron chi connectivity index (χ3n) is 2.50. The molecule has 1 heterocycles. The van der Waals surface area contributed by atoms with E-state index in [2.05, 4.69) is 4.98 Å². The van der Waals surface area contributed by atoms with E-state index in [1.165, 1.54) is 31.5 Å². The maximum Gasteiger partial charge on any atom is 0.196 e. The van der Waals surface area contributed by atoms with Gasteiger partial charge in [-0.15, -0.1) is 0 Å². The van der Waals surface area contributed by atoms with Gasteiger partial charge in [0.2, 0.25) is 0 Å². The van der Waals surface area contributed by atoms with Crippen molar-refractivity contribution >= 4 is 11.6 Å². The molecule has 2 rings (SSSR count). The molecule has 0 amide bonds. The predicted molar refractivity (Wildman–Crippen MR) is 65.0 cm³/mol. The van der Waals surface area contributed by atoms with Gasteiger partial charge in [0.1, 0.15) is 5.82 Å². The zero-order valence-corrected chi connectivity index (χ0v) is 9.68. The predicted octanol–water partition coefficient (Wildman–Crippen LogP) is 2.04. The highest BCUT2D eigenvalue weighted by Gasteiger charge is 2.14. The Labute approximate surface area is 103 Å². The second kappa shape index (κ2) is 4.83. The lowest BCUT2D eigenvalue weighted by Crippen LogP contribution is -2.07. The number of nitrogens with zero attached hydrogens (tertiary/aromatic N) is 1. The van der Waals surface area contributed by atoms with Crippen molar-refractivity contribution in [3.8, 4) is 5.75 Å².